The van der Waals surface area contributed by atoms with E-state index in [-0.39, 0.29) is 36.5 Å². The SMILES string of the molecule is CCCN(CC(O)C(CC1CCCCC1)NC(=O)C1CC(C(N)=O)CC(C(=O)N(CCC)CCC)C1)NS(=O)(=O)CC1CCCCC1. The third-order valence-electron chi connectivity index (χ3n) is 10.6. The fraction of sp³-hybridized carbons (Fsp3) is 0.914. The average Bonchev–Trinajstić information content (AvgIpc) is 3.04. The minimum Gasteiger partial charge on any atom is -0.390 e. The normalized spacial score (nSPS) is 24.5. The van der Waals surface area contributed by atoms with Gasteiger partial charge in [-0.1, -0.05) is 72.1 Å². The lowest BCUT2D eigenvalue weighted by molar-refractivity contribution is -0.141. The van der Waals surface area contributed by atoms with E-state index < -0.39 is 45.8 Å². The van der Waals surface area contributed by atoms with Crippen molar-refractivity contribution in [3.8, 4) is 0 Å². The summed E-state index contributed by atoms with van der Waals surface area (Å²) in [6.07, 6.45) is 13.5. The number of aliphatic hydroxyl groups is 1. The van der Waals surface area contributed by atoms with Crippen molar-refractivity contribution in [2.75, 3.05) is 31.9 Å². The number of hydrogen-bond acceptors (Lipinski definition) is 7. The lowest BCUT2D eigenvalue weighted by atomic mass is 9.73. The first kappa shape index (κ1) is 39.7. The zero-order chi connectivity index (χ0) is 34.4. The monoisotopic (exact) mass is 683 g/mol. The number of hydrazine groups is 1. The maximum absolute atomic E-state index is 13.9. The van der Waals surface area contributed by atoms with Gasteiger partial charge in [0, 0.05) is 43.9 Å². The third kappa shape index (κ3) is 13.2. The van der Waals surface area contributed by atoms with Crippen molar-refractivity contribution in [2.24, 2.45) is 35.3 Å². The van der Waals surface area contributed by atoms with Crippen LogP contribution in [0, 0.1) is 29.6 Å². The van der Waals surface area contributed by atoms with Gasteiger partial charge in [-0.2, -0.15) is 0 Å². The molecule has 5 atom stereocenters. The quantitative estimate of drug-likeness (QED) is 0.149. The van der Waals surface area contributed by atoms with Crippen molar-refractivity contribution >= 4 is 27.7 Å². The molecule has 3 amide bonds. The molecule has 11 nitrogen and oxygen atoms in total. The number of sulfonamides is 1. The van der Waals surface area contributed by atoms with Crippen molar-refractivity contribution in [1.29, 1.82) is 0 Å². The van der Waals surface area contributed by atoms with Crippen LogP contribution < -0.4 is 15.9 Å². The number of nitrogens with one attached hydrogen (secondary N) is 2. The molecule has 0 aromatic carbocycles. The first-order valence-corrected chi connectivity index (χ1v) is 20.4. The van der Waals surface area contributed by atoms with Gasteiger partial charge in [-0.25, -0.2) is 13.4 Å². The van der Waals surface area contributed by atoms with Crippen LogP contribution in [0.25, 0.3) is 0 Å². The van der Waals surface area contributed by atoms with E-state index in [0.717, 1.165) is 70.6 Å². The number of primary amides is 1. The molecule has 0 bridgehead atoms. The molecule has 3 aliphatic rings. The van der Waals surface area contributed by atoms with Gasteiger partial charge in [0.15, 0.2) is 0 Å². The molecule has 0 aromatic rings. The molecule has 3 fully saturated rings. The van der Waals surface area contributed by atoms with Gasteiger partial charge in [-0.05, 0) is 69.6 Å². The van der Waals surface area contributed by atoms with E-state index >= 15 is 0 Å². The minimum absolute atomic E-state index is 0.0213. The van der Waals surface area contributed by atoms with E-state index in [1.54, 1.807) is 5.01 Å². The van der Waals surface area contributed by atoms with Crippen molar-refractivity contribution < 1.29 is 27.9 Å². The summed E-state index contributed by atoms with van der Waals surface area (Å²) in [7, 11) is -3.59. The molecule has 3 aliphatic carbocycles. The topological polar surface area (TPSA) is 162 Å². The van der Waals surface area contributed by atoms with E-state index in [2.05, 4.69) is 10.1 Å². The summed E-state index contributed by atoms with van der Waals surface area (Å²) >= 11 is 0. The van der Waals surface area contributed by atoms with E-state index in [9.17, 15) is 27.9 Å². The van der Waals surface area contributed by atoms with Crippen LogP contribution in [0.2, 0.25) is 0 Å². The number of rotatable bonds is 19. The van der Waals surface area contributed by atoms with Crippen LogP contribution in [0.1, 0.15) is 130 Å². The average molecular weight is 684 g/mol. The molecule has 0 spiro atoms. The number of carbonyl (C=O) groups is 3. The predicted octanol–water partition coefficient (Wildman–Crippen LogP) is 4.10. The van der Waals surface area contributed by atoms with Crippen molar-refractivity contribution in [3.05, 3.63) is 0 Å². The smallest absolute Gasteiger partial charge is 0.225 e. The largest absolute Gasteiger partial charge is 0.390 e. The number of hydrogen-bond donors (Lipinski definition) is 4. The van der Waals surface area contributed by atoms with Crippen LogP contribution in [0.15, 0.2) is 0 Å². The highest BCUT2D eigenvalue weighted by molar-refractivity contribution is 7.89. The van der Waals surface area contributed by atoms with Gasteiger partial charge >= 0.3 is 0 Å². The number of amides is 3. The van der Waals surface area contributed by atoms with Crippen molar-refractivity contribution in [2.45, 2.75) is 142 Å². The molecule has 47 heavy (non-hydrogen) atoms. The lowest BCUT2D eigenvalue weighted by Crippen LogP contribution is -2.55. The number of aliphatic hydroxyl groups excluding tert-OH is 1. The Bertz CT molecular complexity index is 1070. The molecule has 3 rings (SSSR count). The first-order chi connectivity index (χ1) is 22.5. The Morgan fingerprint density at radius 2 is 1.32 bits per heavy atom. The summed E-state index contributed by atoms with van der Waals surface area (Å²) in [5.74, 6) is -1.81. The molecule has 5 unspecified atom stereocenters. The first-order valence-electron chi connectivity index (χ1n) is 18.8. The van der Waals surface area contributed by atoms with Crippen molar-refractivity contribution in [3.63, 3.8) is 0 Å². The van der Waals surface area contributed by atoms with Gasteiger partial charge in [0.05, 0.1) is 17.9 Å². The highest BCUT2D eigenvalue weighted by Gasteiger charge is 2.41. The molecular formula is C35H65N5O6S. The van der Waals surface area contributed by atoms with Crippen LogP contribution in [-0.4, -0.2) is 85.2 Å². The van der Waals surface area contributed by atoms with E-state index in [4.69, 9.17) is 5.73 Å². The third-order valence-corrected chi connectivity index (χ3v) is 12.0. The molecule has 0 heterocycles. The minimum atomic E-state index is -3.59. The van der Waals surface area contributed by atoms with Gasteiger partial charge in [0.2, 0.25) is 27.7 Å². The fourth-order valence-electron chi connectivity index (χ4n) is 8.19. The van der Waals surface area contributed by atoms with Gasteiger partial charge in [-0.3, -0.25) is 14.4 Å². The highest BCUT2D eigenvalue weighted by atomic mass is 32.2. The Labute approximate surface area is 284 Å². The van der Waals surface area contributed by atoms with E-state index in [1.165, 1.54) is 6.42 Å². The Morgan fingerprint density at radius 1 is 0.787 bits per heavy atom. The van der Waals surface area contributed by atoms with Gasteiger partial charge in [0.1, 0.15) is 0 Å². The number of carbonyl (C=O) groups excluding carboxylic acids is 3. The second kappa shape index (κ2) is 20.0. The Kier molecular flexibility index (Phi) is 16.9. The Hall–Kier alpha value is -1.76. The Morgan fingerprint density at radius 3 is 1.87 bits per heavy atom. The molecule has 12 heteroatoms. The summed E-state index contributed by atoms with van der Waals surface area (Å²) in [5, 5.41) is 16.4. The van der Waals surface area contributed by atoms with Crippen LogP contribution in [0.3, 0.4) is 0 Å². The maximum Gasteiger partial charge on any atom is 0.225 e. The Balaban J connectivity index is 1.75. The van der Waals surface area contributed by atoms with Crippen LogP contribution >= 0.6 is 0 Å². The molecule has 0 aliphatic heterocycles. The molecular weight excluding hydrogens is 618 g/mol. The van der Waals surface area contributed by atoms with Gasteiger partial charge < -0.3 is 21.1 Å². The van der Waals surface area contributed by atoms with E-state index in [0.29, 0.717) is 51.2 Å². The maximum atomic E-state index is 13.9. The second-order valence-corrected chi connectivity index (χ2v) is 16.5. The molecule has 3 saturated carbocycles. The summed E-state index contributed by atoms with van der Waals surface area (Å²) < 4.78 is 26.3. The molecule has 0 aromatic heterocycles. The molecule has 272 valence electrons. The number of nitrogens with two attached hydrogens (primary N) is 1. The summed E-state index contributed by atoms with van der Waals surface area (Å²) in [6, 6.07) is -0.590. The second-order valence-electron chi connectivity index (χ2n) is 14.8. The van der Waals surface area contributed by atoms with Gasteiger partial charge in [0.25, 0.3) is 0 Å². The molecule has 5 N–H and O–H groups in total. The van der Waals surface area contributed by atoms with Crippen molar-refractivity contribution in [1.82, 2.24) is 20.1 Å². The van der Waals surface area contributed by atoms with Crippen LogP contribution in [-0.2, 0) is 24.4 Å². The lowest BCUT2D eigenvalue weighted by Gasteiger charge is -2.37. The van der Waals surface area contributed by atoms with E-state index in [1.807, 2.05) is 25.7 Å². The zero-order valence-electron chi connectivity index (χ0n) is 29.5. The predicted molar refractivity (Wildman–Crippen MR) is 185 cm³/mol. The fourth-order valence-corrected chi connectivity index (χ4v) is 9.77. The summed E-state index contributed by atoms with van der Waals surface area (Å²) in [4.78, 5) is 44.5. The van der Waals surface area contributed by atoms with Crippen LogP contribution in [0.4, 0.5) is 0 Å². The zero-order valence-corrected chi connectivity index (χ0v) is 30.3. The standard InChI is InChI=1S/C35H65N5O6S/c1-4-17-39(18-5-2)35(44)30-22-28(33(36)42)21-29(23-30)34(43)37-31(20-26-13-9-7-10-14-26)32(41)24-40(19-6-3)38-47(45,46)25-27-15-11-8-12-16-27/h26-32,38,41H,4-25H2,1-3H3,(H2,36,42)(H,37,43). The highest BCUT2D eigenvalue weighted by Crippen LogP contribution is 2.36. The molecule has 0 saturated heterocycles. The van der Waals surface area contributed by atoms with Gasteiger partial charge in [-0.15, -0.1) is 4.83 Å². The number of nitrogens with zero attached hydrogens (tertiary/aromatic N) is 2. The summed E-state index contributed by atoms with van der Waals surface area (Å²) in [6.45, 7) is 7.78. The van der Waals surface area contributed by atoms with Crippen LogP contribution in [0.5, 0.6) is 0 Å². The summed E-state index contributed by atoms with van der Waals surface area (Å²) in [5.41, 5.74) is 5.75. The molecule has 0 radical (unpaired) electrons.